The Hall–Kier alpha value is 0.0200. The van der Waals surface area contributed by atoms with Gasteiger partial charge in [0.25, 0.3) is 0 Å². The zero-order valence-electron chi connectivity index (χ0n) is 4.21. The zero-order chi connectivity index (χ0) is 5.91. The predicted octanol–water partition coefficient (Wildman–Crippen LogP) is 0.938. The fourth-order valence-electron chi connectivity index (χ4n) is 0.0912. The van der Waals surface area contributed by atoms with Crippen molar-refractivity contribution in [3.8, 4) is 0 Å². The maximum Gasteiger partial charge on any atom is 0.330 e. The summed E-state index contributed by atoms with van der Waals surface area (Å²) in [5.74, 6) is -1.27. The number of hydrogen-bond donors (Lipinski definition) is 1. The van der Waals surface area contributed by atoms with Crippen LogP contribution >= 0.6 is 8.69 Å². The van der Waals surface area contributed by atoms with Gasteiger partial charge < -0.3 is 5.11 Å². The molecule has 7 heavy (non-hydrogen) atoms. The lowest BCUT2D eigenvalue weighted by Gasteiger charge is -2.09. The van der Waals surface area contributed by atoms with Crippen LogP contribution in [0.25, 0.3) is 0 Å². The molecule has 0 bridgehead atoms. The van der Waals surface area contributed by atoms with Crippen LogP contribution in [-0.4, -0.2) is 10.9 Å². The summed E-state index contributed by atoms with van der Waals surface area (Å²) in [6.07, 6.45) is 0. The van der Waals surface area contributed by atoms with Gasteiger partial charge in [-0.25, -0.2) is 4.57 Å². The number of rotatable bonds is 2. The van der Waals surface area contributed by atoms with Gasteiger partial charge in [-0.1, -0.05) is 0 Å². The van der Waals surface area contributed by atoms with E-state index in [0.717, 1.165) is 0 Å². The van der Waals surface area contributed by atoms with Crippen molar-refractivity contribution >= 4 is 8.69 Å². The molecular formula is C3H7O3P. The minimum absolute atomic E-state index is 0.491. The Morgan fingerprint density at radius 3 is 2.14 bits per heavy atom. The molecule has 0 spiro atoms. The lowest BCUT2D eigenvalue weighted by Crippen LogP contribution is -2.17. The van der Waals surface area contributed by atoms with Gasteiger partial charge in [0.05, 0.1) is 0 Å². The normalized spacial score (nSPS) is 12.4. The standard InChI is InChI=1S/C3H7O3P/c1-3(2,4)6-7-5/h4H,1-2H3. The molecule has 0 saturated carbocycles. The van der Waals surface area contributed by atoms with Gasteiger partial charge in [0.1, 0.15) is 0 Å². The first-order valence-electron chi connectivity index (χ1n) is 1.79. The summed E-state index contributed by atoms with van der Waals surface area (Å²) in [6, 6.07) is 0. The van der Waals surface area contributed by atoms with E-state index in [1.165, 1.54) is 13.8 Å². The molecule has 4 heteroatoms. The zero-order valence-corrected chi connectivity index (χ0v) is 5.11. The van der Waals surface area contributed by atoms with Crippen molar-refractivity contribution in [2.45, 2.75) is 19.6 Å². The topological polar surface area (TPSA) is 46.5 Å². The molecule has 0 amide bonds. The molecule has 42 valence electrons. The second-order valence-corrected chi connectivity index (χ2v) is 1.94. The molecule has 0 aliphatic carbocycles. The SMILES string of the molecule is CC(C)(O)OP=O. The summed E-state index contributed by atoms with van der Waals surface area (Å²) in [5.41, 5.74) is 0. The lowest BCUT2D eigenvalue weighted by molar-refractivity contribution is -0.0961. The molecule has 0 aromatic carbocycles. The number of hydrogen-bond acceptors (Lipinski definition) is 3. The van der Waals surface area contributed by atoms with Gasteiger partial charge in [0.15, 0.2) is 5.79 Å². The van der Waals surface area contributed by atoms with Crippen molar-refractivity contribution in [2.24, 2.45) is 0 Å². The Morgan fingerprint density at radius 1 is 1.71 bits per heavy atom. The van der Waals surface area contributed by atoms with E-state index in [0.29, 0.717) is 0 Å². The first-order valence-corrected chi connectivity index (χ1v) is 2.52. The smallest absolute Gasteiger partial charge is 0.330 e. The predicted molar refractivity (Wildman–Crippen MR) is 25.0 cm³/mol. The summed E-state index contributed by atoms with van der Waals surface area (Å²) in [4.78, 5) is 0. The van der Waals surface area contributed by atoms with Crippen LogP contribution in [0.1, 0.15) is 13.8 Å². The third kappa shape index (κ3) is 6.02. The van der Waals surface area contributed by atoms with Crippen molar-refractivity contribution in [3.05, 3.63) is 0 Å². The van der Waals surface area contributed by atoms with E-state index in [-0.39, 0.29) is 0 Å². The fraction of sp³-hybridized carbons (Fsp3) is 1.00. The molecular weight excluding hydrogens is 115 g/mol. The molecule has 0 aliphatic heterocycles. The van der Waals surface area contributed by atoms with Crippen LogP contribution in [0, 0.1) is 0 Å². The number of aliphatic hydroxyl groups is 1. The molecule has 0 aliphatic rings. The van der Waals surface area contributed by atoms with Crippen molar-refractivity contribution < 1.29 is 14.2 Å². The van der Waals surface area contributed by atoms with Gasteiger partial charge in [-0.15, -0.1) is 0 Å². The quantitative estimate of drug-likeness (QED) is 0.438. The van der Waals surface area contributed by atoms with E-state index in [9.17, 15) is 4.57 Å². The molecule has 1 N–H and O–H groups in total. The molecule has 0 unspecified atom stereocenters. The lowest BCUT2D eigenvalue weighted by atomic mass is 10.4. The molecule has 0 atom stereocenters. The average Bonchev–Trinajstić information content (AvgIpc) is 1.30. The Kier molecular flexibility index (Phi) is 2.37. The highest BCUT2D eigenvalue weighted by molar-refractivity contribution is 7.17. The van der Waals surface area contributed by atoms with Gasteiger partial charge in [0.2, 0.25) is 0 Å². The van der Waals surface area contributed by atoms with E-state index >= 15 is 0 Å². The average molecular weight is 122 g/mol. The van der Waals surface area contributed by atoms with Crippen LogP contribution in [0.5, 0.6) is 0 Å². The second kappa shape index (κ2) is 2.36. The van der Waals surface area contributed by atoms with Gasteiger partial charge >= 0.3 is 8.69 Å². The minimum atomic E-state index is -1.27. The van der Waals surface area contributed by atoms with E-state index in [1.54, 1.807) is 0 Å². The maximum absolute atomic E-state index is 9.54. The van der Waals surface area contributed by atoms with Crippen LogP contribution in [0.15, 0.2) is 0 Å². The molecule has 0 heterocycles. The monoisotopic (exact) mass is 122 g/mol. The summed E-state index contributed by atoms with van der Waals surface area (Å²) in [7, 11) is -0.491. The summed E-state index contributed by atoms with van der Waals surface area (Å²) in [5, 5.41) is 8.59. The van der Waals surface area contributed by atoms with Crippen molar-refractivity contribution in [2.75, 3.05) is 0 Å². The fourth-order valence-corrected chi connectivity index (χ4v) is 0.274. The third-order valence-electron chi connectivity index (χ3n) is 0.261. The van der Waals surface area contributed by atoms with E-state index in [4.69, 9.17) is 5.11 Å². The van der Waals surface area contributed by atoms with Crippen LogP contribution in [0.3, 0.4) is 0 Å². The van der Waals surface area contributed by atoms with Gasteiger partial charge in [-0.3, -0.25) is 4.52 Å². The van der Waals surface area contributed by atoms with Crippen molar-refractivity contribution in [1.82, 2.24) is 0 Å². The van der Waals surface area contributed by atoms with E-state index < -0.39 is 14.5 Å². The molecule has 0 rings (SSSR count). The van der Waals surface area contributed by atoms with Crippen LogP contribution in [-0.2, 0) is 9.09 Å². The highest BCUT2D eigenvalue weighted by atomic mass is 31.1. The van der Waals surface area contributed by atoms with E-state index in [1.807, 2.05) is 0 Å². The summed E-state index contributed by atoms with van der Waals surface area (Å²) < 4.78 is 13.7. The maximum atomic E-state index is 9.54. The van der Waals surface area contributed by atoms with Gasteiger partial charge in [0, 0.05) is 0 Å². The molecule has 3 nitrogen and oxygen atoms in total. The van der Waals surface area contributed by atoms with E-state index in [2.05, 4.69) is 4.52 Å². The van der Waals surface area contributed by atoms with Crippen LogP contribution in [0.4, 0.5) is 0 Å². The molecule has 0 saturated heterocycles. The minimum Gasteiger partial charge on any atom is -0.365 e. The molecule has 0 aromatic heterocycles. The Balaban J connectivity index is 3.34. The molecule has 0 fully saturated rings. The summed E-state index contributed by atoms with van der Waals surface area (Å²) in [6.45, 7) is 2.80. The van der Waals surface area contributed by atoms with Crippen molar-refractivity contribution in [1.29, 1.82) is 0 Å². The summed E-state index contributed by atoms with van der Waals surface area (Å²) >= 11 is 0. The highest BCUT2D eigenvalue weighted by Crippen LogP contribution is 2.10. The third-order valence-corrected chi connectivity index (χ3v) is 0.782. The molecule has 0 aromatic rings. The largest absolute Gasteiger partial charge is 0.365 e. The van der Waals surface area contributed by atoms with Crippen LogP contribution in [0.2, 0.25) is 0 Å². The van der Waals surface area contributed by atoms with Gasteiger partial charge in [-0.05, 0) is 13.8 Å². The Bertz CT molecular complexity index is 65.1. The Morgan fingerprint density at radius 2 is 2.14 bits per heavy atom. The first kappa shape index (κ1) is 7.02. The Labute approximate surface area is 43.6 Å². The molecule has 0 radical (unpaired) electrons. The first-order chi connectivity index (χ1) is 3.06. The second-order valence-electron chi connectivity index (χ2n) is 1.61. The highest BCUT2D eigenvalue weighted by Gasteiger charge is 2.11. The van der Waals surface area contributed by atoms with Gasteiger partial charge in [-0.2, -0.15) is 0 Å². The van der Waals surface area contributed by atoms with Crippen molar-refractivity contribution in [3.63, 3.8) is 0 Å². The van der Waals surface area contributed by atoms with Crippen LogP contribution < -0.4 is 0 Å².